The molecule has 90 valence electrons. The number of aryl methyl sites for hydroxylation is 1. The zero-order valence-electron chi connectivity index (χ0n) is 9.97. The second kappa shape index (κ2) is 5.14. The van der Waals surface area contributed by atoms with Gasteiger partial charge in [-0.3, -0.25) is 0 Å². The summed E-state index contributed by atoms with van der Waals surface area (Å²) in [6, 6.07) is 1.96. The van der Waals surface area contributed by atoms with Crippen LogP contribution in [0.1, 0.15) is 23.4 Å². The summed E-state index contributed by atoms with van der Waals surface area (Å²) in [4.78, 5) is 8.54. The number of nitrogens with zero attached hydrogens (tertiary/aromatic N) is 2. The van der Waals surface area contributed by atoms with Crippen molar-refractivity contribution in [2.75, 3.05) is 17.6 Å². The fourth-order valence-corrected chi connectivity index (χ4v) is 2.18. The third-order valence-electron chi connectivity index (χ3n) is 2.61. The summed E-state index contributed by atoms with van der Waals surface area (Å²) in [6.45, 7) is 4.95. The van der Waals surface area contributed by atoms with Gasteiger partial charge in [0.15, 0.2) is 0 Å². The maximum absolute atomic E-state index is 5.72. The van der Waals surface area contributed by atoms with Crippen LogP contribution in [0.15, 0.2) is 23.8 Å². The number of nitrogens with one attached hydrogen (secondary N) is 1. The van der Waals surface area contributed by atoms with Crippen molar-refractivity contribution in [3.05, 3.63) is 34.4 Å². The van der Waals surface area contributed by atoms with E-state index in [1.165, 1.54) is 0 Å². The first-order valence-corrected chi connectivity index (χ1v) is 6.40. The van der Waals surface area contributed by atoms with Gasteiger partial charge in [0.2, 0.25) is 0 Å². The molecule has 5 heteroatoms. The number of thiazole rings is 1. The van der Waals surface area contributed by atoms with Gasteiger partial charge in [-0.05, 0) is 18.6 Å². The van der Waals surface area contributed by atoms with E-state index >= 15 is 0 Å². The average Bonchev–Trinajstić information content (AvgIpc) is 2.84. The molecule has 0 aliphatic heterocycles. The highest BCUT2D eigenvalue weighted by Gasteiger charge is 2.08. The van der Waals surface area contributed by atoms with Crippen molar-refractivity contribution in [2.45, 2.75) is 19.8 Å². The summed E-state index contributed by atoms with van der Waals surface area (Å²) in [5.74, 6) is 1.25. The van der Waals surface area contributed by atoms with E-state index in [-0.39, 0.29) is 0 Å². The van der Waals surface area contributed by atoms with Crippen LogP contribution < -0.4 is 11.1 Å². The van der Waals surface area contributed by atoms with E-state index in [9.17, 15) is 0 Å². The van der Waals surface area contributed by atoms with Crippen LogP contribution in [-0.2, 0) is 0 Å². The lowest BCUT2D eigenvalue weighted by Crippen LogP contribution is -2.11. The first-order valence-electron chi connectivity index (χ1n) is 5.52. The molecule has 0 saturated heterocycles. The Morgan fingerprint density at radius 2 is 2.29 bits per heavy atom. The van der Waals surface area contributed by atoms with Gasteiger partial charge in [0, 0.05) is 24.0 Å². The van der Waals surface area contributed by atoms with Crippen molar-refractivity contribution in [1.82, 2.24) is 9.97 Å². The minimum atomic E-state index is 0.384. The van der Waals surface area contributed by atoms with Crippen LogP contribution in [0.5, 0.6) is 0 Å². The Balaban J connectivity index is 1.96. The summed E-state index contributed by atoms with van der Waals surface area (Å²) in [6.07, 6.45) is 3.52. The van der Waals surface area contributed by atoms with Crippen LogP contribution in [0.2, 0.25) is 0 Å². The topological polar surface area (TPSA) is 63.8 Å². The number of rotatable bonds is 4. The summed E-state index contributed by atoms with van der Waals surface area (Å²) in [5, 5.41) is 6.44. The summed E-state index contributed by atoms with van der Waals surface area (Å²) < 4.78 is 0. The molecule has 2 rings (SSSR count). The van der Waals surface area contributed by atoms with E-state index in [4.69, 9.17) is 5.73 Å². The molecule has 0 amide bonds. The molecule has 0 fully saturated rings. The van der Waals surface area contributed by atoms with Gasteiger partial charge < -0.3 is 11.1 Å². The van der Waals surface area contributed by atoms with Gasteiger partial charge in [-0.25, -0.2) is 9.97 Å². The lowest BCUT2D eigenvalue weighted by atomic mass is 10.2. The van der Waals surface area contributed by atoms with Crippen molar-refractivity contribution in [1.29, 1.82) is 0 Å². The second-order valence-electron chi connectivity index (χ2n) is 4.08. The van der Waals surface area contributed by atoms with Crippen molar-refractivity contribution < 1.29 is 0 Å². The standard InChI is InChI=1S/C12H16N4S/c1-8-5-11(16-7-10(8)13)15-6-9(2)12-14-3-4-17-12/h3-5,7,9H,6,13H2,1-2H3,(H,15,16). The molecule has 1 unspecified atom stereocenters. The number of aromatic nitrogens is 2. The van der Waals surface area contributed by atoms with Gasteiger partial charge >= 0.3 is 0 Å². The number of anilines is 2. The van der Waals surface area contributed by atoms with E-state index in [1.54, 1.807) is 17.5 Å². The van der Waals surface area contributed by atoms with Crippen LogP contribution in [0.25, 0.3) is 0 Å². The third-order valence-corrected chi connectivity index (χ3v) is 3.62. The predicted molar refractivity (Wildman–Crippen MR) is 72.4 cm³/mol. The maximum atomic E-state index is 5.72. The zero-order valence-corrected chi connectivity index (χ0v) is 10.8. The number of nitrogen functional groups attached to an aromatic ring is 1. The normalized spacial score (nSPS) is 12.4. The molecule has 4 nitrogen and oxygen atoms in total. The van der Waals surface area contributed by atoms with Crippen molar-refractivity contribution >= 4 is 22.8 Å². The van der Waals surface area contributed by atoms with Crippen LogP contribution in [0, 0.1) is 6.92 Å². The fourth-order valence-electron chi connectivity index (χ4n) is 1.49. The largest absolute Gasteiger partial charge is 0.397 e. The Bertz CT molecular complexity index is 481. The third kappa shape index (κ3) is 2.94. The molecule has 0 saturated carbocycles. The quantitative estimate of drug-likeness (QED) is 0.873. The van der Waals surface area contributed by atoms with Gasteiger partial charge in [-0.1, -0.05) is 6.92 Å². The summed E-state index contributed by atoms with van der Waals surface area (Å²) >= 11 is 1.68. The molecule has 0 aliphatic carbocycles. The highest BCUT2D eigenvalue weighted by atomic mass is 32.1. The van der Waals surface area contributed by atoms with E-state index in [2.05, 4.69) is 22.2 Å². The average molecular weight is 248 g/mol. The first kappa shape index (κ1) is 11.9. The van der Waals surface area contributed by atoms with Gasteiger partial charge in [-0.15, -0.1) is 11.3 Å². The van der Waals surface area contributed by atoms with E-state index in [1.807, 2.05) is 24.6 Å². The monoisotopic (exact) mass is 248 g/mol. The Labute approximate surface area is 105 Å². The molecule has 0 aromatic carbocycles. The fraction of sp³-hybridized carbons (Fsp3) is 0.333. The molecular formula is C12H16N4S. The van der Waals surface area contributed by atoms with Gasteiger partial charge in [0.25, 0.3) is 0 Å². The van der Waals surface area contributed by atoms with Gasteiger partial charge in [-0.2, -0.15) is 0 Å². The van der Waals surface area contributed by atoms with E-state index in [0.29, 0.717) is 5.92 Å². The highest BCUT2D eigenvalue weighted by molar-refractivity contribution is 7.09. The molecule has 0 bridgehead atoms. The molecule has 2 heterocycles. The molecule has 2 aromatic rings. The SMILES string of the molecule is Cc1cc(NCC(C)c2nccs2)ncc1N. The molecular weight excluding hydrogens is 232 g/mol. The summed E-state index contributed by atoms with van der Waals surface area (Å²) in [5.41, 5.74) is 7.49. The van der Waals surface area contributed by atoms with Crippen LogP contribution in [-0.4, -0.2) is 16.5 Å². The minimum absolute atomic E-state index is 0.384. The number of pyridine rings is 1. The Hall–Kier alpha value is -1.62. The Morgan fingerprint density at radius 3 is 2.94 bits per heavy atom. The van der Waals surface area contributed by atoms with Crippen molar-refractivity contribution in [3.63, 3.8) is 0 Å². The maximum Gasteiger partial charge on any atom is 0.126 e. The zero-order chi connectivity index (χ0) is 12.3. The summed E-state index contributed by atoms with van der Waals surface area (Å²) in [7, 11) is 0. The van der Waals surface area contributed by atoms with Crippen molar-refractivity contribution in [3.8, 4) is 0 Å². The molecule has 0 spiro atoms. The van der Waals surface area contributed by atoms with Gasteiger partial charge in [0.05, 0.1) is 16.9 Å². The molecule has 0 aliphatic rings. The molecule has 3 N–H and O–H groups in total. The number of nitrogens with two attached hydrogens (primary N) is 1. The van der Waals surface area contributed by atoms with Gasteiger partial charge in [0.1, 0.15) is 5.82 Å². The Morgan fingerprint density at radius 1 is 1.47 bits per heavy atom. The second-order valence-corrected chi connectivity index (χ2v) is 5.00. The Kier molecular flexibility index (Phi) is 3.58. The van der Waals surface area contributed by atoms with Crippen LogP contribution >= 0.6 is 11.3 Å². The van der Waals surface area contributed by atoms with Crippen molar-refractivity contribution in [2.24, 2.45) is 0 Å². The predicted octanol–water partition coefficient (Wildman–Crippen LogP) is 2.64. The highest BCUT2D eigenvalue weighted by Crippen LogP contribution is 2.19. The number of hydrogen-bond acceptors (Lipinski definition) is 5. The molecule has 1 atom stereocenters. The van der Waals surface area contributed by atoms with E-state index < -0.39 is 0 Å². The molecule has 2 aromatic heterocycles. The number of hydrogen-bond donors (Lipinski definition) is 2. The lowest BCUT2D eigenvalue weighted by molar-refractivity contribution is 0.792. The first-order chi connectivity index (χ1) is 8.16. The molecule has 17 heavy (non-hydrogen) atoms. The lowest BCUT2D eigenvalue weighted by Gasteiger charge is -2.11. The van der Waals surface area contributed by atoms with Crippen LogP contribution in [0.4, 0.5) is 11.5 Å². The minimum Gasteiger partial charge on any atom is -0.397 e. The van der Waals surface area contributed by atoms with Crippen LogP contribution in [0.3, 0.4) is 0 Å². The smallest absolute Gasteiger partial charge is 0.126 e. The van der Waals surface area contributed by atoms with E-state index in [0.717, 1.165) is 28.6 Å². The molecule has 0 radical (unpaired) electrons.